The predicted octanol–water partition coefficient (Wildman–Crippen LogP) is 11.6. The first-order valence-corrected chi connectivity index (χ1v) is 21.3. The number of hydrogen-bond donors (Lipinski definition) is 0. The van der Waals surface area contributed by atoms with E-state index in [4.69, 9.17) is 21.2 Å². The van der Waals surface area contributed by atoms with E-state index in [1.807, 2.05) is 0 Å². The maximum atomic E-state index is 7.21. The van der Waals surface area contributed by atoms with Crippen LogP contribution in [0.1, 0.15) is 116 Å². The number of rotatable bonds is 2. The zero-order valence-electron chi connectivity index (χ0n) is 31.2. The van der Waals surface area contributed by atoms with E-state index < -0.39 is 5.79 Å². The normalized spacial score (nSPS) is 23.5. The lowest BCUT2D eigenvalue weighted by Gasteiger charge is -2.34. The van der Waals surface area contributed by atoms with Gasteiger partial charge in [-0.2, -0.15) is 21.0 Å². The van der Waals surface area contributed by atoms with Crippen molar-refractivity contribution in [2.75, 3.05) is 0 Å². The van der Waals surface area contributed by atoms with Gasteiger partial charge in [0.2, 0.25) is 5.79 Å². The molecule has 0 N–H and O–H groups in total. The molecular formula is C43H58N2O2S2. The van der Waals surface area contributed by atoms with Crippen molar-refractivity contribution in [3.63, 3.8) is 0 Å². The minimum absolute atomic E-state index is 0.0259. The summed E-state index contributed by atoms with van der Waals surface area (Å²) in [5, 5.41) is 1.05. The molecule has 4 aromatic rings. The third-order valence-corrected chi connectivity index (χ3v) is 14.5. The van der Waals surface area contributed by atoms with Crippen LogP contribution in [0.4, 0.5) is 0 Å². The number of nitrogens with zero attached hydrogens (tertiary/aromatic N) is 2. The Morgan fingerprint density at radius 2 is 0.980 bits per heavy atom. The molecule has 0 radical (unpaired) electrons. The van der Waals surface area contributed by atoms with Crippen LogP contribution in [-0.2, 0) is 22.3 Å². The Hall–Kier alpha value is -2.96. The van der Waals surface area contributed by atoms with Gasteiger partial charge in [0.25, 0.3) is 0 Å². The standard InChI is InChI=1S/C43H58N2O2S2/c1-41(2,3)33-25-31-29-48(9)37-19-13-11-12-14-20-38(37)49(10)30-32-26-34(42(4,5)6)28-36(45-23-17-18-24-45)40(32)47-43(7,8)46-39(31)35(27-33)44-21-15-16-22-44/h15-18,21-28,37-38H,9-14,19-20,29-30H2,1-8H3. The van der Waals surface area contributed by atoms with Crippen molar-refractivity contribution < 1.29 is 9.47 Å². The molecule has 1 fully saturated rings. The van der Waals surface area contributed by atoms with Gasteiger partial charge < -0.3 is 18.6 Å². The molecule has 6 rings (SSSR count). The lowest BCUT2D eigenvalue weighted by Crippen LogP contribution is -2.37. The van der Waals surface area contributed by atoms with Crippen LogP contribution in [-0.4, -0.2) is 37.2 Å². The fourth-order valence-corrected chi connectivity index (χ4v) is 12.1. The van der Waals surface area contributed by atoms with Crippen LogP contribution < -0.4 is 9.47 Å². The quantitative estimate of drug-likeness (QED) is 0.195. The molecule has 0 bridgehead atoms. The first-order chi connectivity index (χ1) is 23.1. The van der Waals surface area contributed by atoms with Gasteiger partial charge in [-0.15, -0.1) is 0 Å². The van der Waals surface area contributed by atoms with Gasteiger partial charge in [-0.05, 0) is 71.2 Å². The summed E-state index contributed by atoms with van der Waals surface area (Å²) in [4.78, 5) is 0. The van der Waals surface area contributed by atoms with Crippen molar-refractivity contribution in [1.29, 1.82) is 0 Å². The van der Waals surface area contributed by atoms with E-state index in [-0.39, 0.29) is 31.8 Å². The van der Waals surface area contributed by atoms with Crippen LogP contribution in [0.2, 0.25) is 0 Å². The highest BCUT2D eigenvalue weighted by Gasteiger charge is 2.34. The Morgan fingerprint density at radius 3 is 1.33 bits per heavy atom. The highest BCUT2D eigenvalue weighted by Crippen LogP contribution is 2.48. The summed E-state index contributed by atoms with van der Waals surface area (Å²) in [6.45, 7) is 17.9. The van der Waals surface area contributed by atoms with Crippen molar-refractivity contribution in [2.24, 2.45) is 0 Å². The van der Waals surface area contributed by atoms with Gasteiger partial charge in [0.1, 0.15) is 0 Å². The molecule has 2 aromatic carbocycles. The molecule has 0 spiro atoms. The summed E-state index contributed by atoms with van der Waals surface area (Å²) in [6, 6.07) is 17.8. The maximum Gasteiger partial charge on any atom is 0.246 e. The van der Waals surface area contributed by atoms with Crippen molar-refractivity contribution in [1.82, 2.24) is 9.13 Å². The summed E-state index contributed by atoms with van der Waals surface area (Å²) in [5.41, 5.74) is 7.11. The van der Waals surface area contributed by atoms with Crippen LogP contribution in [0, 0.1) is 0 Å². The molecule has 0 amide bonds. The third kappa shape index (κ3) is 8.01. The molecule has 1 aliphatic heterocycles. The van der Waals surface area contributed by atoms with Crippen LogP contribution >= 0.6 is 21.0 Å². The van der Waals surface area contributed by atoms with Crippen LogP contribution in [0.3, 0.4) is 0 Å². The van der Waals surface area contributed by atoms with Gasteiger partial charge in [-0.3, -0.25) is 0 Å². The molecule has 0 saturated heterocycles. The number of ether oxygens (including phenoxy) is 2. The molecule has 1 aliphatic carbocycles. The number of aromatic nitrogens is 2. The minimum Gasteiger partial charge on any atom is -0.450 e. The van der Waals surface area contributed by atoms with Crippen LogP contribution in [0.5, 0.6) is 11.5 Å². The molecule has 2 aliphatic rings. The van der Waals surface area contributed by atoms with Gasteiger partial charge in [0.05, 0.1) is 11.4 Å². The maximum absolute atomic E-state index is 7.21. The van der Waals surface area contributed by atoms with Gasteiger partial charge in [0.15, 0.2) is 11.5 Å². The first-order valence-electron chi connectivity index (χ1n) is 18.1. The monoisotopic (exact) mass is 698 g/mol. The average molecular weight is 699 g/mol. The first kappa shape index (κ1) is 35.9. The number of benzene rings is 2. The smallest absolute Gasteiger partial charge is 0.246 e. The second-order valence-corrected chi connectivity index (χ2v) is 20.6. The SMILES string of the molecule is C=S1Cc2cc(C(C)(C)C)cc(-n3cccc3)c2OC(C)(C)Oc2c(cc(C(C)(C)C)cc2-n2cccc2)CS(=C)C2CCCCCCC21. The molecule has 1 saturated carbocycles. The molecule has 4 atom stereocenters. The second-order valence-electron chi connectivity index (χ2n) is 16.7. The van der Waals surface area contributed by atoms with Gasteiger partial charge in [-0.25, -0.2) is 0 Å². The zero-order chi connectivity index (χ0) is 35.1. The van der Waals surface area contributed by atoms with Crippen molar-refractivity contribution in [3.05, 3.63) is 95.6 Å². The average Bonchev–Trinajstić information content (AvgIpc) is 3.72. The van der Waals surface area contributed by atoms with E-state index in [1.165, 1.54) is 60.8 Å². The van der Waals surface area contributed by atoms with E-state index in [0.717, 1.165) is 34.4 Å². The summed E-state index contributed by atoms with van der Waals surface area (Å²) in [6.07, 6.45) is 16.1. The van der Waals surface area contributed by atoms with E-state index in [2.05, 4.69) is 138 Å². The minimum atomic E-state index is -0.977. The van der Waals surface area contributed by atoms with Gasteiger partial charge >= 0.3 is 0 Å². The third-order valence-electron chi connectivity index (χ3n) is 10.2. The molecule has 6 heteroatoms. The summed E-state index contributed by atoms with van der Waals surface area (Å²) < 4.78 is 18.8. The largest absolute Gasteiger partial charge is 0.450 e. The zero-order valence-corrected chi connectivity index (χ0v) is 32.8. The predicted molar refractivity (Wildman–Crippen MR) is 216 cm³/mol. The van der Waals surface area contributed by atoms with Crippen LogP contribution in [0.15, 0.2) is 73.3 Å². The highest BCUT2D eigenvalue weighted by atomic mass is 32.2. The van der Waals surface area contributed by atoms with Crippen molar-refractivity contribution >= 4 is 32.7 Å². The van der Waals surface area contributed by atoms with E-state index >= 15 is 0 Å². The summed E-state index contributed by atoms with van der Waals surface area (Å²) in [7, 11) is -0.222. The molecule has 2 aromatic heterocycles. The van der Waals surface area contributed by atoms with E-state index in [0.29, 0.717) is 10.5 Å². The second kappa shape index (κ2) is 14.0. The van der Waals surface area contributed by atoms with E-state index in [1.54, 1.807) is 0 Å². The Labute approximate surface area is 301 Å². The van der Waals surface area contributed by atoms with Gasteiger partial charge in [0, 0.05) is 71.8 Å². The Bertz CT molecular complexity index is 1670. The fraction of sp³-hybridized carbons (Fsp3) is 0.488. The topological polar surface area (TPSA) is 28.3 Å². The molecule has 264 valence electrons. The van der Waals surface area contributed by atoms with Gasteiger partial charge in [-0.1, -0.05) is 91.1 Å². The van der Waals surface area contributed by atoms with Crippen molar-refractivity contribution in [3.8, 4) is 22.9 Å². The lowest BCUT2D eigenvalue weighted by molar-refractivity contribution is -0.0818. The number of fused-ring (bicyclic) bond motifs is 3. The summed E-state index contributed by atoms with van der Waals surface area (Å²) >= 11 is 0. The highest BCUT2D eigenvalue weighted by molar-refractivity contribution is 8.17. The lowest BCUT2D eigenvalue weighted by atomic mass is 9.85. The van der Waals surface area contributed by atoms with E-state index in [9.17, 15) is 0 Å². The molecular weight excluding hydrogens is 641 g/mol. The fourth-order valence-electron chi connectivity index (χ4n) is 7.34. The number of hydrogen-bond acceptors (Lipinski definition) is 2. The Morgan fingerprint density at radius 1 is 0.612 bits per heavy atom. The Kier molecular flexibility index (Phi) is 10.2. The van der Waals surface area contributed by atoms with Crippen LogP contribution in [0.25, 0.3) is 11.4 Å². The summed E-state index contributed by atoms with van der Waals surface area (Å²) in [5.74, 6) is 12.6. The molecule has 49 heavy (non-hydrogen) atoms. The Balaban J connectivity index is 1.61. The van der Waals surface area contributed by atoms with Crippen molar-refractivity contribution in [2.45, 2.75) is 133 Å². The molecule has 4 nitrogen and oxygen atoms in total. The molecule has 3 heterocycles. The molecule has 4 unspecified atom stereocenters.